The van der Waals surface area contributed by atoms with Crippen molar-refractivity contribution in [2.45, 2.75) is 62.9 Å². The molecule has 2 aliphatic carbocycles. The molecule has 7 heteroatoms. The molecule has 0 amide bonds. The zero-order chi connectivity index (χ0) is 16.8. The molecule has 0 aromatic heterocycles. The van der Waals surface area contributed by atoms with Gasteiger partial charge in [0, 0.05) is 18.3 Å². The second kappa shape index (κ2) is 3.90. The number of hydrogen-bond acceptors (Lipinski definition) is 7. The third-order valence-corrected chi connectivity index (χ3v) is 6.72. The van der Waals surface area contributed by atoms with Crippen LogP contribution in [0.15, 0.2) is 0 Å². The molecule has 2 bridgehead atoms. The summed E-state index contributed by atoms with van der Waals surface area (Å²) >= 11 is 0. The molecule has 0 aromatic rings. The molecule has 1 aliphatic heterocycles. The molecule has 3 fully saturated rings. The van der Waals surface area contributed by atoms with Crippen LogP contribution in [0.1, 0.15) is 40.0 Å². The minimum Gasteiger partial charge on any atom is -0.465 e. The Kier molecular flexibility index (Phi) is 2.81. The number of carbonyl (C=O) groups excluding carboxylic acids is 2. The number of ether oxygens (including phenoxy) is 1. The Balaban J connectivity index is 2.37. The summed E-state index contributed by atoms with van der Waals surface area (Å²) in [5.41, 5.74) is -8.86. The molecule has 6 atom stereocenters. The molecule has 6 unspecified atom stereocenters. The van der Waals surface area contributed by atoms with Gasteiger partial charge in [-0.15, -0.1) is 0 Å². The lowest BCUT2D eigenvalue weighted by atomic mass is 9.45. The van der Waals surface area contributed by atoms with Crippen LogP contribution in [0.2, 0.25) is 0 Å². The van der Waals surface area contributed by atoms with Gasteiger partial charge in [-0.05, 0) is 13.8 Å². The van der Waals surface area contributed by atoms with E-state index < -0.39 is 58.5 Å². The Morgan fingerprint density at radius 1 is 1.09 bits per heavy atom. The molecular weight excluding hydrogens is 292 g/mol. The Morgan fingerprint density at radius 2 is 1.68 bits per heavy atom. The Labute approximate surface area is 127 Å². The maximum absolute atomic E-state index is 12.5. The van der Waals surface area contributed by atoms with E-state index in [0.29, 0.717) is 0 Å². The first-order valence-electron chi connectivity index (χ1n) is 7.40. The molecule has 4 N–H and O–H groups in total. The first-order chi connectivity index (χ1) is 9.86. The van der Waals surface area contributed by atoms with Gasteiger partial charge in [-0.2, -0.15) is 0 Å². The van der Waals surface area contributed by atoms with Crippen molar-refractivity contribution in [1.29, 1.82) is 0 Å². The van der Waals surface area contributed by atoms with Gasteiger partial charge in [-0.25, -0.2) is 0 Å². The van der Waals surface area contributed by atoms with Crippen LogP contribution in [0, 0.1) is 10.8 Å². The first kappa shape index (κ1) is 15.9. The van der Waals surface area contributed by atoms with Gasteiger partial charge < -0.3 is 25.2 Å². The zero-order valence-electron chi connectivity index (χ0n) is 12.9. The van der Waals surface area contributed by atoms with Crippen molar-refractivity contribution in [2.75, 3.05) is 6.61 Å². The summed E-state index contributed by atoms with van der Waals surface area (Å²) in [6.45, 7) is 3.68. The topological polar surface area (TPSA) is 124 Å². The van der Waals surface area contributed by atoms with E-state index in [9.17, 15) is 30.0 Å². The molecule has 0 aromatic carbocycles. The highest BCUT2D eigenvalue weighted by Gasteiger charge is 2.83. The third kappa shape index (κ3) is 1.33. The van der Waals surface area contributed by atoms with Gasteiger partial charge in [0.05, 0.1) is 23.5 Å². The number of esters is 1. The van der Waals surface area contributed by atoms with E-state index in [4.69, 9.17) is 4.74 Å². The highest BCUT2D eigenvalue weighted by Crippen LogP contribution is 2.69. The molecule has 1 heterocycles. The Morgan fingerprint density at radius 3 is 2.27 bits per heavy atom. The summed E-state index contributed by atoms with van der Waals surface area (Å²) < 4.78 is 5.11. The summed E-state index contributed by atoms with van der Waals surface area (Å²) in [5.74, 6) is -1.24. The number of aliphatic hydroxyl groups is 4. The van der Waals surface area contributed by atoms with Crippen LogP contribution in [0.25, 0.3) is 0 Å². The lowest BCUT2D eigenvalue weighted by molar-refractivity contribution is -0.283. The number of Topliss-reactive ketones (excluding diaryl/α,β-unsaturated/α-hetero) is 1. The summed E-state index contributed by atoms with van der Waals surface area (Å²) in [5, 5.41) is 43.5. The van der Waals surface area contributed by atoms with Crippen LogP contribution < -0.4 is 0 Å². The summed E-state index contributed by atoms with van der Waals surface area (Å²) in [7, 11) is 0. The van der Waals surface area contributed by atoms with Crippen molar-refractivity contribution in [3.8, 4) is 0 Å². The van der Waals surface area contributed by atoms with Crippen LogP contribution in [-0.2, 0) is 14.3 Å². The van der Waals surface area contributed by atoms with Gasteiger partial charge in [0.25, 0.3) is 0 Å². The van der Waals surface area contributed by atoms with Crippen LogP contribution in [0.4, 0.5) is 0 Å². The Bertz CT molecular complexity index is 568. The number of ketones is 1. The highest BCUT2D eigenvalue weighted by atomic mass is 16.5. The van der Waals surface area contributed by atoms with E-state index in [2.05, 4.69) is 0 Å². The van der Waals surface area contributed by atoms with Gasteiger partial charge in [0.2, 0.25) is 0 Å². The van der Waals surface area contributed by atoms with Crippen LogP contribution >= 0.6 is 0 Å². The van der Waals surface area contributed by atoms with Crippen molar-refractivity contribution in [3.63, 3.8) is 0 Å². The van der Waals surface area contributed by atoms with E-state index in [1.807, 2.05) is 0 Å². The van der Waals surface area contributed by atoms with Crippen LogP contribution in [-0.4, -0.2) is 61.7 Å². The first-order valence-corrected chi connectivity index (χ1v) is 7.40. The monoisotopic (exact) mass is 314 g/mol. The van der Waals surface area contributed by atoms with Crippen molar-refractivity contribution >= 4 is 11.8 Å². The number of aliphatic hydroxyl groups excluding tert-OH is 1. The quantitative estimate of drug-likeness (QED) is 0.418. The lowest BCUT2D eigenvalue weighted by Gasteiger charge is -2.61. The van der Waals surface area contributed by atoms with Crippen LogP contribution in [0.5, 0.6) is 0 Å². The number of rotatable bonds is 0. The number of cyclic esters (lactones) is 1. The zero-order valence-corrected chi connectivity index (χ0v) is 12.9. The van der Waals surface area contributed by atoms with E-state index in [1.165, 1.54) is 20.8 Å². The lowest BCUT2D eigenvalue weighted by Crippen LogP contribution is -2.77. The maximum Gasteiger partial charge on any atom is 0.306 e. The van der Waals surface area contributed by atoms with Crippen molar-refractivity contribution in [2.24, 2.45) is 10.8 Å². The minimum absolute atomic E-state index is 0.185. The molecule has 3 aliphatic rings. The van der Waals surface area contributed by atoms with E-state index >= 15 is 0 Å². The summed E-state index contributed by atoms with van der Waals surface area (Å²) in [6.07, 6.45) is -2.35. The normalized spacial score (nSPS) is 58.0. The average molecular weight is 314 g/mol. The summed E-state index contributed by atoms with van der Waals surface area (Å²) in [6, 6.07) is 0. The third-order valence-electron chi connectivity index (χ3n) is 6.72. The van der Waals surface area contributed by atoms with E-state index in [1.54, 1.807) is 0 Å². The van der Waals surface area contributed by atoms with Crippen LogP contribution in [0.3, 0.4) is 0 Å². The molecular formula is C15H22O7. The predicted molar refractivity (Wildman–Crippen MR) is 72.6 cm³/mol. The standard InChI is InChI=1S/C15H22O7/c1-11-7-22-10(18)6-14(5-8(16)13(11,3)20)12(2,19)4-9(17)15(11,14)21/h9,17,19-21H,4-7H2,1-3H3. The fourth-order valence-electron chi connectivity index (χ4n) is 4.96. The predicted octanol–water partition coefficient (Wildman–Crippen LogP) is -1.10. The highest BCUT2D eigenvalue weighted by molar-refractivity contribution is 5.92. The molecule has 0 radical (unpaired) electrons. The van der Waals surface area contributed by atoms with Gasteiger partial charge in [-0.1, -0.05) is 6.92 Å². The number of carbonyl (C=O) groups is 2. The van der Waals surface area contributed by atoms with Crippen molar-refractivity contribution in [1.82, 2.24) is 0 Å². The van der Waals surface area contributed by atoms with Gasteiger partial charge in [0.1, 0.15) is 17.8 Å². The maximum atomic E-state index is 12.5. The second-order valence-corrected chi connectivity index (χ2v) is 7.68. The summed E-state index contributed by atoms with van der Waals surface area (Å²) in [4.78, 5) is 24.6. The molecule has 2 saturated carbocycles. The SMILES string of the molecule is CC1(O)CC(O)C2(O)C3(C)COC(=O)CC12CC(=O)C3(C)O. The van der Waals surface area contributed by atoms with E-state index in [0.717, 1.165) is 0 Å². The van der Waals surface area contributed by atoms with Gasteiger partial charge in [-0.3, -0.25) is 9.59 Å². The smallest absolute Gasteiger partial charge is 0.306 e. The molecule has 7 nitrogen and oxygen atoms in total. The van der Waals surface area contributed by atoms with Gasteiger partial charge in [0.15, 0.2) is 5.78 Å². The molecule has 124 valence electrons. The number of hydrogen-bond donors (Lipinski definition) is 4. The molecule has 0 spiro atoms. The average Bonchev–Trinajstić information content (AvgIpc) is 2.49. The largest absolute Gasteiger partial charge is 0.465 e. The Hall–Kier alpha value is -1.02. The molecule has 22 heavy (non-hydrogen) atoms. The second-order valence-electron chi connectivity index (χ2n) is 7.68. The van der Waals surface area contributed by atoms with Gasteiger partial charge >= 0.3 is 5.97 Å². The van der Waals surface area contributed by atoms with E-state index in [-0.39, 0.29) is 12.8 Å². The van der Waals surface area contributed by atoms with Crippen molar-refractivity contribution < 1.29 is 34.8 Å². The minimum atomic E-state index is -2.02. The fraction of sp³-hybridized carbons (Fsp3) is 0.867. The molecule has 3 rings (SSSR count). The fourth-order valence-corrected chi connectivity index (χ4v) is 4.96. The van der Waals surface area contributed by atoms with Crippen molar-refractivity contribution in [3.05, 3.63) is 0 Å². The molecule has 1 saturated heterocycles.